The van der Waals surface area contributed by atoms with Crippen LogP contribution in [0.5, 0.6) is 0 Å². The molecule has 5 heteroatoms. The quantitative estimate of drug-likeness (QED) is 0.765. The zero-order valence-corrected chi connectivity index (χ0v) is 15.9. The summed E-state index contributed by atoms with van der Waals surface area (Å²) in [5, 5.41) is 0. The molecule has 0 N–H and O–H groups in total. The van der Waals surface area contributed by atoms with Crippen LogP contribution < -0.4 is 0 Å². The Kier molecular flexibility index (Phi) is 5.55. The van der Waals surface area contributed by atoms with E-state index in [2.05, 4.69) is 16.8 Å². The number of rotatable bonds is 2. The van der Waals surface area contributed by atoms with Gasteiger partial charge in [-0.25, -0.2) is 13.4 Å². The molecule has 1 saturated heterocycles. The Bertz CT molecular complexity index is 971. The van der Waals surface area contributed by atoms with Crippen LogP contribution in [0.3, 0.4) is 0 Å². The predicted octanol–water partition coefficient (Wildman–Crippen LogP) is 3.46. The molecule has 0 unspecified atom stereocenters. The lowest BCUT2D eigenvalue weighted by atomic mass is 10.1. The first-order valence-electron chi connectivity index (χ1n) is 8.65. The highest BCUT2D eigenvalue weighted by Gasteiger charge is 2.26. The molecule has 0 saturated carbocycles. The highest BCUT2D eigenvalue weighted by atomic mass is 32.2. The number of hydrogen-bond donors (Lipinski definition) is 0. The number of piperidine rings is 1. The van der Waals surface area contributed by atoms with Crippen molar-refractivity contribution in [2.24, 2.45) is 0 Å². The van der Waals surface area contributed by atoms with Crippen LogP contribution in [0.1, 0.15) is 29.8 Å². The average molecular weight is 366 g/mol. The lowest BCUT2D eigenvalue weighted by molar-refractivity contribution is 0.387. The standard InChI is InChI=1S/C21H22N2O2S/c1-17-9-11-21(12-10-17)26(24,25)23-15-13-19(14-16-23)6-4-8-20-7-3-5-18(2)22-20/h3,5-7,9-12H,13-16H2,1-2H3. The van der Waals surface area contributed by atoms with Gasteiger partial charge < -0.3 is 0 Å². The van der Waals surface area contributed by atoms with Gasteiger partial charge in [0.1, 0.15) is 5.69 Å². The minimum Gasteiger partial charge on any atom is -0.245 e. The Balaban J connectivity index is 1.65. The third-order valence-corrected chi connectivity index (χ3v) is 6.30. The van der Waals surface area contributed by atoms with Gasteiger partial charge in [0, 0.05) is 18.8 Å². The summed E-state index contributed by atoms with van der Waals surface area (Å²) >= 11 is 0. The molecular formula is C21H22N2O2S. The molecule has 0 spiro atoms. The fourth-order valence-corrected chi connectivity index (χ4v) is 4.28. The molecule has 4 nitrogen and oxygen atoms in total. The van der Waals surface area contributed by atoms with Crippen molar-refractivity contribution < 1.29 is 8.42 Å². The SMILES string of the molecule is Cc1ccc(S(=O)(=O)N2CCC(=CC#Cc3cccc(C)n3)CC2)cc1. The fraction of sp³-hybridized carbons (Fsp3) is 0.286. The topological polar surface area (TPSA) is 50.3 Å². The maximum Gasteiger partial charge on any atom is 0.243 e. The lowest BCUT2D eigenvalue weighted by Gasteiger charge is -2.27. The largest absolute Gasteiger partial charge is 0.245 e. The zero-order chi connectivity index (χ0) is 18.6. The third-order valence-electron chi connectivity index (χ3n) is 4.39. The first kappa shape index (κ1) is 18.4. The van der Waals surface area contributed by atoms with E-state index in [9.17, 15) is 8.42 Å². The smallest absolute Gasteiger partial charge is 0.243 e. The Labute approximate surface area is 155 Å². The molecule has 0 aliphatic carbocycles. The second-order valence-corrected chi connectivity index (χ2v) is 8.39. The third kappa shape index (κ3) is 4.40. The zero-order valence-electron chi connectivity index (χ0n) is 15.1. The van der Waals surface area contributed by atoms with E-state index in [4.69, 9.17) is 0 Å². The van der Waals surface area contributed by atoms with Crippen molar-refractivity contribution in [1.82, 2.24) is 9.29 Å². The first-order chi connectivity index (χ1) is 12.4. The van der Waals surface area contributed by atoms with Gasteiger partial charge in [0.25, 0.3) is 0 Å². The number of benzene rings is 1. The minimum atomic E-state index is -3.41. The van der Waals surface area contributed by atoms with Crippen molar-refractivity contribution in [2.45, 2.75) is 31.6 Å². The molecule has 1 aromatic heterocycles. The van der Waals surface area contributed by atoms with Gasteiger partial charge in [0.05, 0.1) is 4.90 Å². The molecule has 0 atom stereocenters. The highest BCUT2D eigenvalue weighted by Crippen LogP contribution is 2.23. The van der Waals surface area contributed by atoms with Crippen molar-refractivity contribution in [3.05, 3.63) is 71.1 Å². The van der Waals surface area contributed by atoms with Crippen LogP contribution in [-0.4, -0.2) is 30.8 Å². The van der Waals surface area contributed by atoms with Crippen molar-refractivity contribution in [3.63, 3.8) is 0 Å². The van der Waals surface area contributed by atoms with E-state index in [0.29, 0.717) is 30.8 Å². The van der Waals surface area contributed by atoms with Gasteiger partial charge in [-0.05, 0) is 63.0 Å². The maximum absolute atomic E-state index is 12.7. The molecule has 0 radical (unpaired) electrons. The molecule has 1 aliphatic rings. The van der Waals surface area contributed by atoms with Gasteiger partial charge in [-0.3, -0.25) is 0 Å². The monoisotopic (exact) mass is 366 g/mol. The Morgan fingerprint density at radius 1 is 1.04 bits per heavy atom. The summed E-state index contributed by atoms with van der Waals surface area (Å²) in [6.45, 7) is 4.87. The maximum atomic E-state index is 12.7. The van der Waals surface area contributed by atoms with E-state index in [0.717, 1.165) is 17.0 Å². The molecule has 1 aromatic carbocycles. The summed E-state index contributed by atoms with van der Waals surface area (Å²) < 4.78 is 27.0. The van der Waals surface area contributed by atoms with E-state index >= 15 is 0 Å². The normalized spacial score (nSPS) is 15.2. The van der Waals surface area contributed by atoms with Crippen LogP contribution in [0.15, 0.2) is 59.0 Å². The van der Waals surface area contributed by atoms with Crippen molar-refractivity contribution in [3.8, 4) is 11.8 Å². The molecule has 0 amide bonds. The van der Waals surface area contributed by atoms with Crippen LogP contribution in [0.4, 0.5) is 0 Å². The van der Waals surface area contributed by atoms with Crippen LogP contribution in [-0.2, 0) is 10.0 Å². The van der Waals surface area contributed by atoms with Crippen LogP contribution >= 0.6 is 0 Å². The number of hydrogen-bond acceptors (Lipinski definition) is 3. The molecule has 1 aliphatic heterocycles. The summed E-state index contributed by atoms with van der Waals surface area (Å²) in [6.07, 6.45) is 3.32. The van der Waals surface area contributed by atoms with Crippen molar-refractivity contribution in [1.29, 1.82) is 0 Å². The van der Waals surface area contributed by atoms with Gasteiger partial charge >= 0.3 is 0 Å². The summed E-state index contributed by atoms with van der Waals surface area (Å²) in [4.78, 5) is 4.71. The summed E-state index contributed by atoms with van der Waals surface area (Å²) in [5.41, 5.74) is 3.93. The van der Waals surface area contributed by atoms with Crippen LogP contribution in [0.2, 0.25) is 0 Å². The Morgan fingerprint density at radius 2 is 1.73 bits per heavy atom. The second-order valence-electron chi connectivity index (χ2n) is 6.45. The molecule has 1 fully saturated rings. The first-order valence-corrected chi connectivity index (χ1v) is 10.1. The van der Waals surface area contributed by atoms with Gasteiger partial charge in [0.15, 0.2) is 0 Å². The number of pyridine rings is 1. The molecule has 2 heterocycles. The Hall–Kier alpha value is -2.42. The van der Waals surface area contributed by atoms with E-state index in [1.54, 1.807) is 16.4 Å². The van der Waals surface area contributed by atoms with E-state index < -0.39 is 10.0 Å². The van der Waals surface area contributed by atoms with Crippen LogP contribution in [0, 0.1) is 25.7 Å². The predicted molar refractivity (Wildman–Crippen MR) is 103 cm³/mol. The summed E-state index contributed by atoms with van der Waals surface area (Å²) in [5.74, 6) is 6.08. The molecular weight excluding hydrogens is 344 g/mol. The number of aromatic nitrogens is 1. The second kappa shape index (κ2) is 7.86. The number of nitrogens with zero attached hydrogens (tertiary/aromatic N) is 2. The molecule has 0 bridgehead atoms. The number of aryl methyl sites for hydroxylation is 2. The molecule has 3 rings (SSSR count). The molecule has 2 aromatic rings. The molecule has 134 valence electrons. The van der Waals surface area contributed by atoms with E-state index in [-0.39, 0.29) is 0 Å². The van der Waals surface area contributed by atoms with Gasteiger partial charge in [-0.15, -0.1) is 0 Å². The fourth-order valence-electron chi connectivity index (χ4n) is 2.84. The van der Waals surface area contributed by atoms with Crippen LogP contribution in [0.25, 0.3) is 0 Å². The minimum absolute atomic E-state index is 0.362. The Morgan fingerprint density at radius 3 is 2.38 bits per heavy atom. The number of sulfonamides is 1. The molecule has 26 heavy (non-hydrogen) atoms. The van der Waals surface area contributed by atoms with Gasteiger partial charge in [-0.2, -0.15) is 4.31 Å². The van der Waals surface area contributed by atoms with Gasteiger partial charge in [-0.1, -0.05) is 35.3 Å². The van der Waals surface area contributed by atoms with Crippen molar-refractivity contribution in [2.75, 3.05) is 13.1 Å². The summed E-state index contributed by atoms with van der Waals surface area (Å²) in [6, 6.07) is 12.8. The van der Waals surface area contributed by atoms with E-state index in [1.807, 2.05) is 50.3 Å². The highest BCUT2D eigenvalue weighted by molar-refractivity contribution is 7.89. The van der Waals surface area contributed by atoms with Gasteiger partial charge in [0.2, 0.25) is 10.0 Å². The van der Waals surface area contributed by atoms with E-state index in [1.165, 1.54) is 5.57 Å². The van der Waals surface area contributed by atoms with Crippen molar-refractivity contribution >= 4 is 10.0 Å². The number of allylic oxidation sites excluding steroid dienone is 1. The summed E-state index contributed by atoms with van der Waals surface area (Å²) in [7, 11) is -3.41. The average Bonchev–Trinajstić information content (AvgIpc) is 2.63. The lowest BCUT2D eigenvalue weighted by Crippen LogP contribution is -2.36.